The van der Waals surface area contributed by atoms with Gasteiger partial charge in [0.1, 0.15) is 16.6 Å². The second-order valence-electron chi connectivity index (χ2n) is 4.55. The minimum Gasteiger partial charge on any atom is -0.385 e. The van der Waals surface area contributed by atoms with E-state index < -0.39 is 0 Å². The van der Waals surface area contributed by atoms with Crippen LogP contribution in [0.4, 0.5) is 5.00 Å². The number of rotatable bonds is 6. The lowest BCUT2D eigenvalue weighted by Crippen LogP contribution is -2.24. The molecular formula is C11H16ClN3OS. The largest absolute Gasteiger partial charge is 0.385 e. The van der Waals surface area contributed by atoms with Crippen molar-refractivity contribution in [1.82, 2.24) is 4.37 Å². The van der Waals surface area contributed by atoms with E-state index in [9.17, 15) is 0 Å². The number of nitrogens with one attached hydrogen (secondary N) is 1. The molecule has 0 bridgehead atoms. The van der Waals surface area contributed by atoms with E-state index in [1.807, 2.05) is 0 Å². The summed E-state index contributed by atoms with van der Waals surface area (Å²) >= 11 is 7.01. The molecule has 0 aromatic carbocycles. The summed E-state index contributed by atoms with van der Waals surface area (Å²) in [5.41, 5.74) is 0.526. The number of aromatic nitrogens is 1. The first-order valence-corrected chi connectivity index (χ1v) is 6.43. The second kappa shape index (κ2) is 6.20. The van der Waals surface area contributed by atoms with E-state index in [0.717, 1.165) is 24.6 Å². The number of hydrogen-bond acceptors (Lipinski definition) is 5. The van der Waals surface area contributed by atoms with Crippen LogP contribution in [0.5, 0.6) is 0 Å². The molecule has 6 heteroatoms. The highest BCUT2D eigenvalue weighted by Crippen LogP contribution is 2.29. The smallest absolute Gasteiger partial charge is 0.162 e. The summed E-state index contributed by atoms with van der Waals surface area (Å²) in [5.74, 6) is 0. The van der Waals surface area contributed by atoms with Crippen molar-refractivity contribution in [2.45, 2.75) is 20.3 Å². The Bertz CT molecular complexity index is 411. The lowest BCUT2D eigenvalue weighted by atomic mass is 9.90. The normalized spacial score (nSPS) is 11.2. The Morgan fingerprint density at radius 3 is 2.88 bits per heavy atom. The van der Waals surface area contributed by atoms with E-state index >= 15 is 0 Å². The van der Waals surface area contributed by atoms with Crippen LogP contribution in [0.2, 0.25) is 5.15 Å². The van der Waals surface area contributed by atoms with Gasteiger partial charge < -0.3 is 10.1 Å². The Labute approximate surface area is 111 Å². The SMILES string of the molecule is COCCC(C)(C)CNc1snc(Cl)c1C#N. The maximum atomic E-state index is 8.93. The fourth-order valence-electron chi connectivity index (χ4n) is 1.27. The molecule has 0 radical (unpaired) electrons. The number of nitrogens with zero attached hydrogens (tertiary/aromatic N) is 2. The molecule has 1 aromatic heterocycles. The Hall–Kier alpha value is -0.830. The zero-order valence-electron chi connectivity index (χ0n) is 10.2. The van der Waals surface area contributed by atoms with Crippen molar-refractivity contribution in [3.05, 3.63) is 10.7 Å². The van der Waals surface area contributed by atoms with E-state index in [1.54, 1.807) is 7.11 Å². The average molecular weight is 274 g/mol. The summed E-state index contributed by atoms with van der Waals surface area (Å²) in [4.78, 5) is 0. The maximum Gasteiger partial charge on any atom is 0.162 e. The van der Waals surface area contributed by atoms with E-state index in [2.05, 4.69) is 29.6 Å². The molecule has 0 amide bonds. The van der Waals surface area contributed by atoms with Crippen molar-refractivity contribution in [1.29, 1.82) is 5.26 Å². The Balaban J connectivity index is 2.58. The zero-order valence-corrected chi connectivity index (χ0v) is 11.8. The van der Waals surface area contributed by atoms with Crippen LogP contribution in [-0.4, -0.2) is 24.6 Å². The quantitative estimate of drug-likeness (QED) is 0.865. The van der Waals surface area contributed by atoms with Gasteiger partial charge in [-0.2, -0.15) is 9.64 Å². The number of halogens is 1. The fraction of sp³-hybridized carbons (Fsp3) is 0.636. The van der Waals surface area contributed by atoms with Crippen LogP contribution in [-0.2, 0) is 4.74 Å². The average Bonchev–Trinajstić information content (AvgIpc) is 2.65. The molecule has 0 saturated heterocycles. The van der Waals surface area contributed by atoms with E-state index in [0.29, 0.717) is 5.56 Å². The van der Waals surface area contributed by atoms with E-state index in [1.165, 1.54) is 11.5 Å². The van der Waals surface area contributed by atoms with Crippen LogP contribution < -0.4 is 5.32 Å². The van der Waals surface area contributed by atoms with Crippen molar-refractivity contribution < 1.29 is 4.74 Å². The molecule has 0 aliphatic carbocycles. The highest BCUT2D eigenvalue weighted by molar-refractivity contribution is 7.10. The fourth-order valence-corrected chi connectivity index (χ4v) is 2.20. The number of hydrogen-bond donors (Lipinski definition) is 1. The molecule has 0 saturated carbocycles. The summed E-state index contributed by atoms with van der Waals surface area (Å²) in [5, 5.41) is 13.2. The van der Waals surface area contributed by atoms with E-state index in [-0.39, 0.29) is 10.6 Å². The van der Waals surface area contributed by atoms with E-state index in [4.69, 9.17) is 21.6 Å². The number of anilines is 1. The van der Waals surface area contributed by atoms with Gasteiger partial charge in [0, 0.05) is 20.3 Å². The van der Waals surface area contributed by atoms with Crippen LogP contribution in [0.1, 0.15) is 25.8 Å². The third-order valence-electron chi connectivity index (χ3n) is 2.47. The van der Waals surface area contributed by atoms with Gasteiger partial charge in [-0.05, 0) is 23.4 Å². The van der Waals surface area contributed by atoms with Gasteiger partial charge in [-0.1, -0.05) is 25.4 Å². The molecule has 0 spiro atoms. The monoisotopic (exact) mass is 273 g/mol. The third-order valence-corrected chi connectivity index (χ3v) is 3.65. The first kappa shape index (κ1) is 14.2. The number of nitriles is 1. The summed E-state index contributed by atoms with van der Waals surface area (Å²) < 4.78 is 9.02. The third kappa shape index (κ3) is 4.15. The molecule has 0 unspecified atom stereocenters. The summed E-state index contributed by atoms with van der Waals surface area (Å²) in [7, 11) is 1.69. The van der Waals surface area contributed by atoms with Crippen LogP contribution in [0.3, 0.4) is 0 Å². The first-order chi connectivity index (χ1) is 8.00. The Morgan fingerprint density at radius 2 is 2.29 bits per heavy atom. The summed E-state index contributed by atoms with van der Waals surface area (Å²) in [6.07, 6.45) is 0.949. The Kier molecular flexibility index (Phi) is 5.19. The van der Waals surface area contributed by atoms with Gasteiger partial charge in [0.15, 0.2) is 5.15 Å². The standard InChI is InChI=1S/C11H16ClN3OS/c1-11(2,4-5-16-3)7-14-10-8(6-13)9(12)15-17-10/h14H,4-5,7H2,1-3H3. The van der Waals surface area contributed by atoms with Crippen LogP contribution in [0, 0.1) is 16.7 Å². The summed E-state index contributed by atoms with van der Waals surface area (Å²) in [6, 6.07) is 2.05. The van der Waals surface area contributed by atoms with Gasteiger partial charge in [0.05, 0.1) is 0 Å². The molecular weight excluding hydrogens is 258 g/mol. The van der Waals surface area contributed by atoms with Gasteiger partial charge in [0.2, 0.25) is 0 Å². The maximum absolute atomic E-state index is 8.93. The molecule has 1 aromatic rings. The predicted molar refractivity (Wildman–Crippen MR) is 70.6 cm³/mol. The molecule has 1 heterocycles. The molecule has 0 aliphatic heterocycles. The lowest BCUT2D eigenvalue weighted by Gasteiger charge is -2.24. The molecule has 0 atom stereocenters. The van der Waals surface area contributed by atoms with Crippen molar-refractivity contribution in [3.63, 3.8) is 0 Å². The predicted octanol–water partition coefficient (Wildman–Crippen LogP) is 3.14. The van der Waals surface area contributed by atoms with Crippen LogP contribution in [0.25, 0.3) is 0 Å². The first-order valence-electron chi connectivity index (χ1n) is 5.28. The lowest BCUT2D eigenvalue weighted by molar-refractivity contribution is 0.157. The van der Waals surface area contributed by atoms with Crippen molar-refractivity contribution >= 4 is 28.1 Å². The molecule has 94 valence electrons. The van der Waals surface area contributed by atoms with Gasteiger partial charge >= 0.3 is 0 Å². The molecule has 1 rings (SSSR count). The molecule has 1 N–H and O–H groups in total. The molecule has 0 aliphatic rings. The van der Waals surface area contributed by atoms with Crippen LogP contribution in [0.15, 0.2) is 0 Å². The minimum atomic E-state index is 0.0964. The van der Waals surface area contributed by atoms with Crippen molar-refractivity contribution in [2.24, 2.45) is 5.41 Å². The zero-order chi connectivity index (χ0) is 12.9. The second-order valence-corrected chi connectivity index (χ2v) is 5.68. The highest BCUT2D eigenvalue weighted by Gasteiger charge is 2.19. The molecule has 0 fully saturated rings. The number of methoxy groups -OCH3 is 1. The van der Waals surface area contributed by atoms with Gasteiger partial charge in [-0.15, -0.1) is 0 Å². The summed E-state index contributed by atoms with van der Waals surface area (Å²) in [6.45, 7) is 5.77. The van der Waals surface area contributed by atoms with Crippen molar-refractivity contribution in [3.8, 4) is 6.07 Å². The van der Waals surface area contributed by atoms with Gasteiger partial charge in [-0.3, -0.25) is 0 Å². The number of ether oxygens (including phenoxy) is 1. The van der Waals surface area contributed by atoms with Gasteiger partial charge in [-0.25, -0.2) is 0 Å². The minimum absolute atomic E-state index is 0.0964. The molecule has 17 heavy (non-hydrogen) atoms. The van der Waals surface area contributed by atoms with Crippen molar-refractivity contribution in [2.75, 3.05) is 25.6 Å². The Morgan fingerprint density at radius 1 is 1.59 bits per heavy atom. The van der Waals surface area contributed by atoms with Crippen LogP contribution >= 0.6 is 23.1 Å². The molecule has 4 nitrogen and oxygen atoms in total. The topological polar surface area (TPSA) is 57.9 Å². The van der Waals surface area contributed by atoms with Gasteiger partial charge in [0.25, 0.3) is 0 Å². The highest BCUT2D eigenvalue weighted by atomic mass is 35.5.